The molecule has 0 radical (unpaired) electrons. The largest absolute Gasteiger partial charge is 0.490 e. The van der Waals surface area contributed by atoms with Crippen molar-refractivity contribution in [1.82, 2.24) is 14.5 Å². The van der Waals surface area contributed by atoms with Crippen LogP contribution in [0.2, 0.25) is 0 Å². The number of nitrogens with zero attached hydrogens (tertiary/aromatic N) is 3. The van der Waals surface area contributed by atoms with E-state index in [0.717, 1.165) is 28.7 Å². The molecule has 0 amide bonds. The molecular weight excluding hydrogens is 317 g/mol. The number of ether oxygens (including phenoxy) is 1. The Kier molecular flexibility index (Phi) is 5.02. The number of aryl methyl sites for hydroxylation is 1. The summed E-state index contributed by atoms with van der Waals surface area (Å²) in [6.07, 6.45) is 4.49. The molecule has 0 saturated heterocycles. The second-order valence-corrected chi connectivity index (χ2v) is 7.08. The molecule has 1 aromatic carbocycles. The fraction of sp³-hybridized carbons (Fsp3) is 0.400. The zero-order chi connectivity index (χ0) is 18.0. The summed E-state index contributed by atoms with van der Waals surface area (Å²) in [7, 11) is 1.93. The van der Waals surface area contributed by atoms with Crippen LogP contribution < -0.4 is 4.74 Å². The Bertz CT molecular complexity index is 873. The number of rotatable bonds is 6. The van der Waals surface area contributed by atoms with E-state index in [-0.39, 0.29) is 11.6 Å². The molecule has 2 heterocycles. The highest BCUT2D eigenvalue weighted by Crippen LogP contribution is 2.29. The lowest BCUT2D eigenvalue weighted by atomic mass is 10.00. The molecule has 1 atom stereocenters. The van der Waals surface area contributed by atoms with Crippen LogP contribution in [-0.2, 0) is 7.05 Å². The quantitative estimate of drug-likeness (QED) is 0.644. The third-order valence-corrected chi connectivity index (χ3v) is 4.26. The van der Waals surface area contributed by atoms with Crippen LogP contribution in [0.1, 0.15) is 27.2 Å². The van der Waals surface area contributed by atoms with Crippen LogP contribution in [-0.4, -0.2) is 21.1 Å². The SMILES string of the molecule is CC(C)CC(C)COc1ccc(-c2ncnc3c2ccn3C)cc1F. The molecule has 0 spiro atoms. The summed E-state index contributed by atoms with van der Waals surface area (Å²) in [6.45, 7) is 7.00. The Morgan fingerprint density at radius 1 is 1.16 bits per heavy atom. The van der Waals surface area contributed by atoms with Crippen molar-refractivity contribution in [1.29, 1.82) is 0 Å². The normalized spacial score (nSPS) is 12.7. The lowest BCUT2D eigenvalue weighted by Crippen LogP contribution is -2.11. The van der Waals surface area contributed by atoms with Gasteiger partial charge in [0.2, 0.25) is 0 Å². The monoisotopic (exact) mass is 341 g/mol. The molecule has 0 aliphatic rings. The smallest absolute Gasteiger partial charge is 0.165 e. The van der Waals surface area contributed by atoms with Gasteiger partial charge in [-0.15, -0.1) is 0 Å². The summed E-state index contributed by atoms with van der Waals surface area (Å²) in [5, 5.41) is 0.906. The summed E-state index contributed by atoms with van der Waals surface area (Å²) in [5.74, 6) is 0.927. The van der Waals surface area contributed by atoms with E-state index in [4.69, 9.17) is 4.74 Å². The number of hydrogen-bond donors (Lipinski definition) is 0. The molecule has 0 aliphatic carbocycles. The molecule has 3 rings (SSSR count). The maximum atomic E-state index is 14.5. The van der Waals surface area contributed by atoms with E-state index in [1.807, 2.05) is 29.9 Å². The Balaban J connectivity index is 1.82. The molecule has 0 N–H and O–H groups in total. The van der Waals surface area contributed by atoms with Crippen LogP contribution in [0.5, 0.6) is 5.75 Å². The van der Waals surface area contributed by atoms with Gasteiger partial charge in [-0.3, -0.25) is 0 Å². The van der Waals surface area contributed by atoms with Crippen LogP contribution in [0.25, 0.3) is 22.3 Å². The molecule has 0 aliphatic heterocycles. The topological polar surface area (TPSA) is 39.9 Å². The average Bonchev–Trinajstić information content (AvgIpc) is 2.94. The number of hydrogen-bond acceptors (Lipinski definition) is 3. The molecule has 3 aromatic rings. The van der Waals surface area contributed by atoms with Gasteiger partial charge < -0.3 is 9.30 Å². The minimum absolute atomic E-state index is 0.290. The maximum Gasteiger partial charge on any atom is 0.165 e. The van der Waals surface area contributed by atoms with E-state index in [1.54, 1.807) is 6.07 Å². The lowest BCUT2D eigenvalue weighted by Gasteiger charge is -2.15. The first-order valence-electron chi connectivity index (χ1n) is 8.64. The van der Waals surface area contributed by atoms with Crippen LogP contribution in [0.4, 0.5) is 4.39 Å². The molecule has 25 heavy (non-hydrogen) atoms. The van der Waals surface area contributed by atoms with Crippen LogP contribution >= 0.6 is 0 Å². The maximum absolute atomic E-state index is 14.5. The molecule has 1 unspecified atom stereocenters. The molecule has 2 aromatic heterocycles. The minimum Gasteiger partial charge on any atom is -0.490 e. The highest BCUT2D eigenvalue weighted by molar-refractivity contribution is 5.90. The number of fused-ring (bicyclic) bond motifs is 1. The summed E-state index contributed by atoms with van der Waals surface area (Å²) in [5.41, 5.74) is 2.27. The Morgan fingerprint density at radius 3 is 2.68 bits per heavy atom. The molecule has 0 bridgehead atoms. The number of halogens is 1. The van der Waals surface area contributed by atoms with Crippen LogP contribution in [0, 0.1) is 17.7 Å². The van der Waals surface area contributed by atoms with Gasteiger partial charge in [0.05, 0.1) is 12.3 Å². The van der Waals surface area contributed by atoms with Gasteiger partial charge in [-0.1, -0.05) is 20.8 Å². The van der Waals surface area contributed by atoms with Crippen molar-refractivity contribution in [2.45, 2.75) is 27.2 Å². The predicted molar refractivity (Wildman–Crippen MR) is 98.0 cm³/mol. The highest BCUT2D eigenvalue weighted by Gasteiger charge is 2.13. The molecule has 5 heteroatoms. The van der Waals surface area contributed by atoms with Crippen molar-refractivity contribution in [3.8, 4) is 17.0 Å². The minimum atomic E-state index is -0.364. The van der Waals surface area contributed by atoms with E-state index in [9.17, 15) is 4.39 Å². The fourth-order valence-corrected chi connectivity index (χ4v) is 3.18. The Labute approximate surface area is 147 Å². The van der Waals surface area contributed by atoms with E-state index in [2.05, 4.69) is 30.7 Å². The molecule has 0 fully saturated rings. The van der Waals surface area contributed by atoms with E-state index >= 15 is 0 Å². The van der Waals surface area contributed by atoms with E-state index in [0.29, 0.717) is 18.4 Å². The van der Waals surface area contributed by atoms with Gasteiger partial charge in [0, 0.05) is 24.2 Å². The zero-order valence-corrected chi connectivity index (χ0v) is 15.2. The van der Waals surface area contributed by atoms with Gasteiger partial charge >= 0.3 is 0 Å². The highest BCUT2D eigenvalue weighted by atomic mass is 19.1. The van der Waals surface area contributed by atoms with Crippen molar-refractivity contribution >= 4 is 11.0 Å². The third-order valence-electron chi connectivity index (χ3n) is 4.26. The van der Waals surface area contributed by atoms with Gasteiger partial charge in [0.15, 0.2) is 11.6 Å². The summed E-state index contributed by atoms with van der Waals surface area (Å²) < 4.78 is 22.1. The van der Waals surface area contributed by atoms with E-state index in [1.165, 1.54) is 12.4 Å². The van der Waals surface area contributed by atoms with Gasteiger partial charge in [-0.05, 0) is 42.5 Å². The zero-order valence-electron chi connectivity index (χ0n) is 15.2. The lowest BCUT2D eigenvalue weighted by molar-refractivity contribution is 0.230. The average molecular weight is 341 g/mol. The standard InChI is InChI=1S/C20H24FN3O/c1-13(2)9-14(3)11-25-18-6-5-15(10-17(18)21)19-16-7-8-24(4)20(16)23-12-22-19/h5-8,10,12-14H,9,11H2,1-4H3. The Hall–Kier alpha value is -2.43. The number of aromatic nitrogens is 3. The predicted octanol–water partition coefficient (Wildman–Crippen LogP) is 4.84. The fourth-order valence-electron chi connectivity index (χ4n) is 3.18. The first-order valence-corrected chi connectivity index (χ1v) is 8.64. The van der Waals surface area contributed by atoms with E-state index < -0.39 is 0 Å². The van der Waals surface area contributed by atoms with Crippen molar-refractivity contribution < 1.29 is 9.13 Å². The van der Waals surface area contributed by atoms with Gasteiger partial charge in [0.25, 0.3) is 0 Å². The molecular formula is C20H24FN3O. The summed E-state index contributed by atoms with van der Waals surface area (Å²) >= 11 is 0. The molecule has 132 valence electrons. The van der Waals surface area contributed by atoms with Crippen molar-refractivity contribution in [3.05, 3.63) is 42.6 Å². The van der Waals surface area contributed by atoms with Crippen LogP contribution in [0.3, 0.4) is 0 Å². The third kappa shape index (κ3) is 3.81. The van der Waals surface area contributed by atoms with Gasteiger partial charge in [-0.2, -0.15) is 0 Å². The first kappa shape index (κ1) is 17.4. The second-order valence-electron chi connectivity index (χ2n) is 7.08. The second kappa shape index (κ2) is 7.21. The van der Waals surface area contributed by atoms with Gasteiger partial charge in [0.1, 0.15) is 12.0 Å². The summed E-state index contributed by atoms with van der Waals surface area (Å²) in [4.78, 5) is 8.61. The summed E-state index contributed by atoms with van der Waals surface area (Å²) in [6, 6.07) is 6.96. The van der Waals surface area contributed by atoms with Crippen molar-refractivity contribution in [2.75, 3.05) is 6.61 Å². The number of benzene rings is 1. The first-order chi connectivity index (χ1) is 12.0. The van der Waals surface area contributed by atoms with Crippen LogP contribution in [0.15, 0.2) is 36.8 Å². The molecule has 4 nitrogen and oxygen atoms in total. The Morgan fingerprint density at radius 2 is 1.96 bits per heavy atom. The van der Waals surface area contributed by atoms with Crippen molar-refractivity contribution in [2.24, 2.45) is 18.9 Å². The van der Waals surface area contributed by atoms with Crippen molar-refractivity contribution in [3.63, 3.8) is 0 Å². The van der Waals surface area contributed by atoms with Gasteiger partial charge in [-0.25, -0.2) is 14.4 Å². The molecule has 0 saturated carbocycles.